The maximum Gasteiger partial charge on any atom is 0.0897 e. The maximum absolute atomic E-state index is 4.60. The third-order valence-electron chi connectivity index (χ3n) is 5.13. The van der Waals surface area contributed by atoms with E-state index in [1.807, 2.05) is 5.51 Å². The number of anilines is 1. The molecule has 0 radical (unpaired) electrons. The predicted octanol–water partition coefficient (Wildman–Crippen LogP) is 4.68. The molecule has 1 aromatic carbocycles. The lowest BCUT2D eigenvalue weighted by Gasteiger charge is -2.37. The Morgan fingerprint density at radius 2 is 1.92 bits per heavy atom. The first-order chi connectivity index (χ1) is 12.7. The van der Waals surface area contributed by atoms with E-state index < -0.39 is 0 Å². The van der Waals surface area contributed by atoms with Crippen LogP contribution in [-0.2, 0) is 6.54 Å². The molecule has 6 heteroatoms. The highest BCUT2D eigenvalue weighted by atomic mass is 32.1. The van der Waals surface area contributed by atoms with E-state index in [4.69, 9.17) is 0 Å². The van der Waals surface area contributed by atoms with Gasteiger partial charge in [-0.15, -0.1) is 22.7 Å². The van der Waals surface area contributed by atoms with E-state index in [0.29, 0.717) is 6.04 Å². The first-order valence-corrected chi connectivity index (χ1v) is 10.9. The molecule has 0 amide bonds. The molecule has 3 aromatic rings. The number of rotatable bonds is 5. The minimum atomic E-state index is 0.641. The molecule has 0 saturated carbocycles. The zero-order chi connectivity index (χ0) is 17.9. The highest BCUT2D eigenvalue weighted by Gasteiger charge is 2.23. The quantitative estimate of drug-likeness (QED) is 0.639. The van der Waals surface area contributed by atoms with Crippen LogP contribution in [0.15, 0.2) is 40.5 Å². The lowest BCUT2D eigenvalue weighted by atomic mass is 10.0. The third kappa shape index (κ3) is 3.98. The molecule has 0 N–H and O–H groups in total. The lowest BCUT2D eigenvalue weighted by Crippen LogP contribution is -2.43. The van der Waals surface area contributed by atoms with Gasteiger partial charge in [-0.2, -0.15) is 0 Å². The van der Waals surface area contributed by atoms with Gasteiger partial charge in [0.15, 0.2) is 0 Å². The Morgan fingerprint density at radius 1 is 1.15 bits per heavy atom. The molecule has 2 aromatic heterocycles. The van der Waals surface area contributed by atoms with Gasteiger partial charge in [0.05, 0.1) is 21.9 Å². The van der Waals surface area contributed by atoms with Gasteiger partial charge in [-0.1, -0.05) is 12.1 Å². The predicted molar refractivity (Wildman–Crippen MR) is 111 cm³/mol. The minimum Gasteiger partial charge on any atom is -0.371 e. The summed E-state index contributed by atoms with van der Waals surface area (Å²) in [6.45, 7) is 5.26. The molecule has 0 aliphatic carbocycles. The van der Waals surface area contributed by atoms with Crippen LogP contribution in [0.1, 0.15) is 23.5 Å². The maximum atomic E-state index is 4.60. The van der Waals surface area contributed by atoms with Crippen LogP contribution in [0, 0.1) is 6.92 Å². The second-order valence-electron chi connectivity index (χ2n) is 6.91. The van der Waals surface area contributed by atoms with Crippen molar-refractivity contribution in [3.8, 4) is 11.3 Å². The van der Waals surface area contributed by atoms with Crippen molar-refractivity contribution in [2.75, 3.05) is 25.0 Å². The van der Waals surface area contributed by atoms with E-state index in [0.717, 1.165) is 30.3 Å². The van der Waals surface area contributed by atoms with Crippen LogP contribution in [-0.4, -0.2) is 41.0 Å². The minimum absolute atomic E-state index is 0.641. The molecule has 4 rings (SSSR count). The summed E-state index contributed by atoms with van der Waals surface area (Å²) in [6, 6.07) is 9.48. The molecule has 3 heterocycles. The van der Waals surface area contributed by atoms with Crippen molar-refractivity contribution in [1.29, 1.82) is 0 Å². The van der Waals surface area contributed by atoms with Crippen molar-refractivity contribution in [3.63, 3.8) is 0 Å². The van der Waals surface area contributed by atoms with Gasteiger partial charge in [0.25, 0.3) is 0 Å². The lowest BCUT2D eigenvalue weighted by molar-refractivity contribution is 0.198. The summed E-state index contributed by atoms with van der Waals surface area (Å²) in [7, 11) is 2.23. The number of piperidine rings is 1. The summed E-state index contributed by atoms with van der Waals surface area (Å²) in [6.07, 6.45) is 2.40. The summed E-state index contributed by atoms with van der Waals surface area (Å²) in [5.74, 6) is 0. The number of nitrogens with zero attached hydrogens (tertiary/aromatic N) is 4. The second kappa shape index (κ2) is 7.86. The van der Waals surface area contributed by atoms with E-state index in [9.17, 15) is 0 Å². The van der Waals surface area contributed by atoms with Crippen LogP contribution < -0.4 is 4.90 Å². The summed E-state index contributed by atoms with van der Waals surface area (Å²) in [4.78, 5) is 14.0. The standard InChI is InChI=1S/C20H24N4S2/c1-15-22-17(12-26-15)11-23(2)18-7-9-24(10-8-18)19-5-3-16(4-6-19)20-13-25-14-21-20/h3-6,12-14,18H,7-11H2,1-2H3. The molecular weight excluding hydrogens is 360 g/mol. The van der Waals surface area contributed by atoms with E-state index in [-0.39, 0.29) is 0 Å². The van der Waals surface area contributed by atoms with Gasteiger partial charge in [-0.25, -0.2) is 9.97 Å². The van der Waals surface area contributed by atoms with E-state index in [1.54, 1.807) is 22.7 Å². The van der Waals surface area contributed by atoms with Crippen molar-refractivity contribution in [3.05, 3.63) is 51.2 Å². The number of thiazole rings is 2. The largest absolute Gasteiger partial charge is 0.371 e. The van der Waals surface area contributed by atoms with E-state index in [2.05, 4.69) is 68.8 Å². The van der Waals surface area contributed by atoms with Crippen molar-refractivity contribution in [2.45, 2.75) is 32.4 Å². The molecule has 1 aliphatic heterocycles. The second-order valence-corrected chi connectivity index (χ2v) is 8.69. The average Bonchev–Trinajstić information content (AvgIpc) is 3.34. The summed E-state index contributed by atoms with van der Waals surface area (Å²) in [5.41, 5.74) is 6.68. The number of hydrogen-bond donors (Lipinski definition) is 0. The first kappa shape index (κ1) is 17.6. The van der Waals surface area contributed by atoms with E-state index in [1.165, 1.54) is 29.8 Å². The van der Waals surface area contributed by atoms with Gasteiger partial charge in [-0.3, -0.25) is 4.90 Å². The van der Waals surface area contributed by atoms with E-state index >= 15 is 0 Å². The van der Waals surface area contributed by atoms with Gasteiger partial charge >= 0.3 is 0 Å². The van der Waals surface area contributed by atoms with Gasteiger partial charge in [0.2, 0.25) is 0 Å². The first-order valence-electron chi connectivity index (χ1n) is 9.04. The Bertz CT molecular complexity index is 818. The zero-order valence-corrected chi connectivity index (χ0v) is 16.9. The van der Waals surface area contributed by atoms with Gasteiger partial charge in [-0.05, 0) is 38.9 Å². The molecule has 0 bridgehead atoms. The van der Waals surface area contributed by atoms with Crippen LogP contribution in [0.2, 0.25) is 0 Å². The Balaban J connectivity index is 1.33. The van der Waals surface area contributed by atoms with Crippen LogP contribution in [0.5, 0.6) is 0 Å². The van der Waals surface area contributed by atoms with Gasteiger partial charge < -0.3 is 4.90 Å². The number of hydrogen-bond acceptors (Lipinski definition) is 6. The SMILES string of the molecule is Cc1nc(CN(C)C2CCN(c3ccc(-c4cscn4)cc3)CC2)cs1. The zero-order valence-electron chi connectivity index (χ0n) is 15.3. The molecule has 0 atom stereocenters. The molecule has 0 unspecified atom stereocenters. The van der Waals surface area contributed by atoms with Crippen molar-refractivity contribution in [1.82, 2.24) is 14.9 Å². The summed E-state index contributed by atoms with van der Waals surface area (Å²) >= 11 is 3.38. The van der Waals surface area contributed by atoms with Gasteiger partial charge in [0, 0.05) is 47.7 Å². The van der Waals surface area contributed by atoms with Crippen molar-refractivity contribution < 1.29 is 0 Å². The molecule has 4 nitrogen and oxygen atoms in total. The molecular formula is C20H24N4S2. The third-order valence-corrected chi connectivity index (χ3v) is 6.54. The Morgan fingerprint density at radius 3 is 2.54 bits per heavy atom. The summed E-state index contributed by atoms with van der Waals surface area (Å²) in [5, 5.41) is 5.44. The molecule has 1 fully saturated rings. The van der Waals surface area contributed by atoms with Gasteiger partial charge in [0.1, 0.15) is 0 Å². The highest BCUT2D eigenvalue weighted by Crippen LogP contribution is 2.26. The van der Waals surface area contributed by atoms with Crippen LogP contribution >= 0.6 is 22.7 Å². The Hall–Kier alpha value is -1.76. The fourth-order valence-corrected chi connectivity index (χ4v) is 4.79. The van der Waals surface area contributed by atoms with Crippen LogP contribution in [0.3, 0.4) is 0 Å². The van der Waals surface area contributed by atoms with Crippen molar-refractivity contribution >= 4 is 28.4 Å². The molecule has 1 saturated heterocycles. The number of aryl methyl sites for hydroxylation is 1. The Labute approximate surface area is 163 Å². The van der Waals surface area contributed by atoms with Crippen molar-refractivity contribution in [2.24, 2.45) is 0 Å². The molecule has 0 spiro atoms. The number of benzene rings is 1. The normalized spacial score (nSPS) is 15.7. The fraction of sp³-hybridized carbons (Fsp3) is 0.400. The average molecular weight is 385 g/mol. The molecule has 136 valence electrons. The molecule has 26 heavy (non-hydrogen) atoms. The monoisotopic (exact) mass is 384 g/mol. The summed E-state index contributed by atoms with van der Waals surface area (Å²) < 4.78 is 0. The fourth-order valence-electron chi connectivity index (χ4n) is 3.63. The highest BCUT2D eigenvalue weighted by molar-refractivity contribution is 7.09. The molecule has 1 aliphatic rings. The Kier molecular flexibility index (Phi) is 5.33. The van der Waals surface area contributed by atoms with Crippen LogP contribution in [0.4, 0.5) is 5.69 Å². The topological polar surface area (TPSA) is 32.3 Å². The van der Waals surface area contributed by atoms with Crippen LogP contribution in [0.25, 0.3) is 11.3 Å². The number of aromatic nitrogens is 2. The smallest absolute Gasteiger partial charge is 0.0897 e.